The molecule has 2 rings (SSSR count). The fourth-order valence-corrected chi connectivity index (χ4v) is 2.59. The summed E-state index contributed by atoms with van der Waals surface area (Å²) in [5, 5.41) is 11.8. The van der Waals surface area contributed by atoms with Crippen LogP contribution in [0.15, 0.2) is 24.3 Å². The summed E-state index contributed by atoms with van der Waals surface area (Å²) in [5.74, 6) is -0.384. The van der Waals surface area contributed by atoms with Crippen molar-refractivity contribution in [1.29, 1.82) is 0 Å². The summed E-state index contributed by atoms with van der Waals surface area (Å²) >= 11 is 6.07. The number of likely N-dealkylation sites (N-methyl/N-ethyl adjacent to an activating group) is 1. The van der Waals surface area contributed by atoms with Gasteiger partial charge in [-0.2, -0.15) is 10.2 Å². The Morgan fingerprint density at radius 2 is 2.05 bits per heavy atom. The lowest BCUT2D eigenvalue weighted by Gasteiger charge is -2.20. The Morgan fingerprint density at radius 1 is 1.29 bits per heavy atom. The van der Waals surface area contributed by atoms with Crippen molar-refractivity contribution in [2.75, 3.05) is 6.54 Å². The first-order valence-electron chi connectivity index (χ1n) is 7.00. The standard InChI is InChI=1S/C16H19ClFN3/c1-4-19-15(13-8-10(2)20-21-11(13)3)9-12-6-5-7-14(18)16(12)17/h5-8,15,19H,4,9H2,1-3H3. The molecule has 3 nitrogen and oxygen atoms in total. The molecular weight excluding hydrogens is 289 g/mol. The average Bonchev–Trinajstić information content (AvgIpc) is 2.46. The predicted octanol–water partition coefficient (Wildman–Crippen LogP) is 3.78. The second kappa shape index (κ2) is 6.96. The molecule has 0 saturated carbocycles. The summed E-state index contributed by atoms with van der Waals surface area (Å²) in [6, 6.07) is 6.96. The van der Waals surface area contributed by atoms with Crippen LogP contribution in [0.3, 0.4) is 0 Å². The molecule has 1 unspecified atom stereocenters. The van der Waals surface area contributed by atoms with Crippen LogP contribution in [-0.4, -0.2) is 16.7 Å². The molecule has 1 aromatic carbocycles. The van der Waals surface area contributed by atoms with Gasteiger partial charge < -0.3 is 5.32 Å². The molecule has 0 aliphatic rings. The summed E-state index contributed by atoms with van der Waals surface area (Å²) < 4.78 is 13.6. The van der Waals surface area contributed by atoms with Crippen molar-refractivity contribution >= 4 is 11.6 Å². The molecule has 0 bridgehead atoms. The van der Waals surface area contributed by atoms with Crippen LogP contribution >= 0.6 is 11.6 Å². The molecule has 5 heteroatoms. The Balaban J connectivity index is 2.35. The van der Waals surface area contributed by atoms with Crippen LogP contribution in [-0.2, 0) is 6.42 Å². The van der Waals surface area contributed by atoms with Crippen LogP contribution in [0.25, 0.3) is 0 Å². The van der Waals surface area contributed by atoms with Gasteiger partial charge >= 0.3 is 0 Å². The molecule has 1 heterocycles. The molecule has 0 aliphatic carbocycles. The number of hydrogen-bond donors (Lipinski definition) is 1. The average molecular weight is 308 g/mol. The monoisotopic (exact) mass is 307 g/mol. The van der Waals surface area contributed by atoms with Crippen molar-refractivity contribution in [3.05, 3.63) is 57.6 Å². The molecule has 0 amide bonds. The topological polar surface area (TPSA) is 37.8 Å². The van der Waals surface area contributed by atoms with E-state index in [-0.39, 0.29) is 16.9 Å². The highest BCUT2D eigenvalue weighted by molar-refractivity contribution is 6.31. The van der Waals surface area contributed by atoms with Crippen LogP contribution in [0, 0.1) is 19.7 Å². The van der Waals surface area contributed by atoms with E-state index in [0.29, 0.717) is 6.42 Å². The predicted molar refractivity (Wildman–Crippen MR) is 83.0 cm³/mol. The quantitative estimate of drug-likeness (QED) is 0.913. The van der Waals surface area contributed by atoms with Crippen molar-refractivity contribution in [2.24, 2.45) is 0 Å². The SMILES string of the molecule is CCNC(Cc1cccc(F)c1Cl)c1cc(C)nnc1C. The summed E-state index contributed by atoms with van der Waals surface area (Å²) in [6.07, 6.45) is 0.608. The molecule has 0 saturated heterocycles. The first kappa shape index (κ1) is 15.9. The second-order valence-electron chi connectivity index (χ2n) is 5.05. The highest BCUT2D eigenvalue weighted by atomic mass is 35.5. The van der Waals surface area contributed by atoms with Gasteiger partial charge in [0, 0.05) is 6.04 Å². The molecule has 0 fully saturated rings. The number of halogens is 2. The number of benzene rings is 1. The van der Waals surface area contributed by atoms with Crippen LogP contribution in [0.1, 0.15) is 35.5 Å². The number of hydrogen-bond acceptors (Lipinski definition) is 3. The van der Waals surface area contributed by atoms with Gasteiger partial charge in [-0.25, -0.2) is 4.39 Å². The van der Waals surface area contributed by atoms with Gasteiger partial charge in [0.1, 0.15) is 5.82 Å². The van der Waals surface area contributed by atoms with E-state index in [4.69, 9.17) is 11.6 Å². The van der Waals surface area contributed by atoms with E-state index in [0.717, 1.165) is 29.1 Å². The molecular formula is C16H19ClFN3. The van der Waals surface area contributed by atoms with E-state index < -0.39 is 0 Å². The summed E-state index contributed by atoms with van der Waals surface area (Å²) in [4.78, 5) is 0. The summed E-state index contributed by atoms with van der Waals surface area (Å²) in [7, 11) is 0. The Labute approximate surface area is 129 Å². The molecule has 21 heavy (non-hydrogen) atoms. The molecule has 1 aromatic heterocycles. The first-order chi connectivity index (χ1) is 10.0. The molecule has 0 aliphatic heterocycles. The van der Waals surface area contributed by atoms with E-state index in [2.05, 4.69) is 15.5 Å². The maximum atomic E-state index is 13.6. The number of rotatable bonds is 5. The van der Waals surface area contributed by atoms with E-state index >= 15 is 0 Å². The highest BCUT2D eigenvalue weighted by Gasteiger charge is 2.17. The van der Waals surface area contributed by atoms with E-state index in [1.165, 1.54) is 6.07 Å². The molecule has 1 atom stereocenters. The minimum absolute atomic E-state index is 0.0310. The number of nitrogens with one attached hydrogen (secondary N) is 1. The lowest BCUT2D eigenvalue weighted by atomic mass is 9.97. The van der Waals surface area contributed by atoms with Crippen LogP contribution in [0.5, 0.6) is 0 Å². The molecule has 2 aromatic rings. The lowest BCUT2D eigenvalue weighted by Crippen LogP contribution is -2.24. The van der Waals surface area contributed by atoms with Gasteiger partial charge in [0.25, 0.3) is 0 Å². The Morgan fingerprint density at radius 3 is 2.76 bits per heavy atom. The third-order valence-corrected chi connectivity index (χ3v) is 3.84. The second-order valence-corrected chi connectivity index (χ2v) is 5.43. The molecule has 0 radical (unpaired) electrons. The van der Waals surface area contributed by atoms with E-state index in [1.807, 2.05) is 32.9 Å². The van der Waals surface area contributed by atoms with Crippen LogP contribution < -0.4 is 5.32 Å². The lowest BCUT2D eigenvalue weighted by molar-refractivity contribution is 0.540. The van der Waals surface area contributed by atoms with Gasteiger partial charge in [0.15, 0.2) is 0 Å². The third-order valence-electron chi connectivity index (χ3n) is 3.42. The van der Waals surface area contributed by atoms with Crippen molar-refractivity contribution in [2.45, 2.75) is 33.2 Å². The number of aryl methyl sites for hydroxylation is 2. The number of nitrogens with zero attached hydrogens (tertiary/aromatic N) is 2. The summed E-state index contributed by atoms with van der Waals surface area (Å²) in [6.45, 7) is 6.68. The molecule has 112 valence electrons. The third kappa shape index (κ3) is 3.77. The molecule has 1 N–H and O–H groups in total. The zero-order valence-electron chi connectivity index (χ0n) is 12.5. The smallest absolute Gasteiger partial charge is 0.142 e. The largest absolute Gasteiger partial charge is 0.310 e. The van der Waals surface area contributed by atoms with Crippen molar-refractivity contribution < 1.29 is 4.39 Å². The Bertz CT molecular complexity index is 631. The fraction of sp³-hybridized carbons (Fsp3) is 0.375. The van der Waals surface area contributed by atoms with E-state index in [1.54, 1.807) is 6.07 Å². The fourth-order valence-electron chi connectivity index (χ4n) is 2.39. The van der Waals surface area contributed by atoms with Gasteiger partial charge in [-0.1, -0.05) is 30.7 Å². The zero-order chi connectivity index (χ0) is 15.4. The van der Waals surface area contributed by atoms with Crippen LogP contribution in [0.4, 0.5) is 4.39 Å². The minimum atomic E-state index is -0.384. The van der Waals surface area contributed by atoms with Crippen molar-refractivity contribution in [1.82, 2.24) is 15.5 Å². The normalized spacial score (nSPS) is 12.4. The first-order valence-corrected chi connectivity index (χ1v) is 7.37. The van der Waals surface area contributed by atoms with Gasteiger partial charge in [0.2, 0.25) is 0 Å². The van der Waals surface area contributed by atoms with E-state index in [9.17, 15) is 4.39 Å². The van der Waals surface area contributed by atoms with Gasteiger partial charge in [-0.05, 0) is 50.1 Å². The van der Waals surface area contributed by atoms with Gasteiger partial charge in [0.05, 0.1) is 16.4 Å². The highest BCUT2D eigenvalue weighted by Crippen LogP contribution is 2.26. The zero-order valence-corrected chi connectivity index (χ0v) is 13.2. The van der Waals surface area contributed by atoms with Gasteiger partial charge in [-0.15, -0.1) is 0 Å². The van der Waals surface area contributed by atoms with Crippen molar-refractivity contribution in [3.8, 4) is 0 Å². The Kier molecular flexibility index (Phi) is 5.26. The minimum Gasteiger partial charge on any atom is -0.310 e. The maximum Gasteiger partial charge on any atom is 0.142 e. The van der Waals surface area contributed by atoms with Gasteiger partial charge in [-0.3, -0.25) is 0 Å². The Hall–Kier alpha value is -1.52. The summed E-state index contributed by atoms with van der Waals surface area (Å²) in [5.41, 5.74) is 3.60. The van der Waals surface area contributed by atoms with Crippen LogP contribution in [0.2, 0.25) is 5.02 Å². The van der Waals surface area contributed by atoms with Crippen molar-refractivity contribution in [3.63, 3.8) is 0 Å². The molecule has 0 spiro atoms. The maximum absolute atomic E-state index is 13.6. The number of aromatic nitrogens is 2.